The largest absolute Gasteiger partial charge is 0.494 e. The monoisotopic (exact) mass is 465 g/mol. The molecule has 5 nitrogen and oxygen atoms in total. The van der Waals surface area contributed by atoms with Gasteiger partial charge in [0.25, 0.3) is 0 Å². The van der Waals surface area contributed by atoms with Crippen molar-refractivity contribution >= 4 is 50.8 Å². The van der Waals surface area contributed by atoms with Crippen LogP contribution in [-0.2, 0) is 0 Å². The molecule has 0 unspecified atom stereocenters. The summed E-state index contributed by atoms with van der Waals surface area (Å²) in [4.78, 5) is 16.5. The lowest BCUT2D eigenvalue weighted by Crippen LogP contribution is -2.19. The van der Waals surface area contributed by atoms with Crippen LogP contribution < -0.4 is 15.4 Å². The first-order valence-corrected chi connectivity index (χ1v) is 9.62. The molecule has 2 N–H and O–H groups in total. The van der Waals surface area contributed by atoms with E-state index < -0.39 is 0 Å². The Hall–Kier alpha value is -2.13. The molecule has 0 saturated carbocycles. The van der Waals surface area contributed by atoms with Crippen LogP contribution in [0.25, 0.3) is 11.3 Å². The van der Waals surface area contributed by atoms with E-state index in [2.05, 4.69) is 38.2 Å². The van der Waals surface area contributed by atoms with Gasteiger partial charge >= 0.3 is 6.03 Å². The lowest BCUT2D eigenvalue weighted by atomic mass is 10.2. The summed E-state index contributed by atoms with van der Waals surface area (Å²) in [7, 11) is 0. The maximum atomic E-state index is 12.1. The van der Waals surface area contributed by atoms with E-state index in [-0.39, 0.29) is 6.03 Å². The number of urea groups is 1. The fourth-order valence-electron chi connectivity index (χ4n) is 2.15. The third-order valence-electron chi connectivity index (χ3n) is 3.29. The average Bonchev–Trinajstić information content (AvgIpc) is 3.06. The number of anilines is 2. The molecular weight excluding hydrogens is 449 g/mol. The van der Waals surface area contributed by atoms with Crippen LogP contribution in [0, 0.1) is 3.57 Å². The number of carbonyl (C=O) groups is 1. The topological polar surface area (TPSA) is 63.2 Å². The number of aromatic nitrogens is 1. The second-order valence-electron chi connectivity index (χ2n) is 5.08. The number of nitrogens with zero attached hydrogens (tertiary/aromatic N) is 1. The molecule has 2 aromatic carbocycles. The highest BCUT2D eigenvalue weighted by Gasteiger charge is 2.08. The standard InChI is InChI=1S/C18H16IN3O2S/c1-2-24-15-9-7-14(8-10-15)20-17(23)22-18-21-16(11-25-18)12-3-5-13(19)6-4-12/h3-11H,2H2,1H3,(H2,20,21,22,23). The molecule has 0 saturated heterocycles. The Balaban J connectivity index is 1.60. The molecule has 7 heteroatoms. The molecule has 3 rings (SSSR count). The zero-order valence-corrected chi connectivity index (χ0v) is 16.4. The fourth-order valence-corrected chi connectivity index (χ4v) is 3.22. The average molecular weight is 465 g/mol. The van der Waals surface area contributed by atoms with Gasteiger partial charge in [0, 0.05) is 20.2 Å². The Morgan fingerprint density at radius 3 is 2.52 bits per heavy atom. The molecule has 3 aromatic rings. The number of carbonyl (C=O) groups excluding carboxylic acids is 1. The van der Waals surface area contributed by atoms with Gasteiger partial charge in [-0.2, -0.15) is 0 Å². The van der Waals surface area contributed by atoms with Crippen molar-refractivity contribution in [3.8, 4) is 17.0 Å². The molecule has 0 fully saturated rings. The van der Waals surface area contributed by atoms with Gasteiger partial charge in [0.15, 0.2) is 5.13 Å². The van der Waals surface area contributed by atoms with E-state index in [9.17, 15) is 4.79 Å². The number of ether oxygens (including phenoxy) is 1. The van der Waals surface area contributed by atoms with Crippen LogP contribution >= 0.6 is 33.9 Å². The van der Waals surface area contributed by atoms with Crippen molar-refractivity contribution in [2.75, 3.05) is 17.2 Å². The predicted molar refractivity (Wildman–Crippen MR) is 111 cm³/mol. The maximum absolute atomic E-state index is 12.1. The first-order valence-electron chi connectivity index (χ1n) is 7.66. The number of hydrogen-bond acceptors (Lipinski definition) is 4. The number of thiazole rings is 1. The molecule has 0 aliphatic carbocycles. The van der Waals surface area contributed by atoms with Crippen molar-refractivity contribution in [1.82, 2.24) is 4.98 Å². The van der Waals surface area contributed by atoms with E-state index in [0.717, 1.165) is 17.0 Å². The van der Waals surface area contributed by atoms with Crippen LogP contribution in [0.4, 0.5) is 15.6 Å². The normalized spacial score (nSPS) is 10.3. The van der Waals surface area contributed by atoms with Crippen molar-refractivity contribution in [3.05, 3.63) is 57.5 Å². The van der Waals surface area contributed by atoms with Crippen LogP contribution in [0.15, 0.2) is 53.9 Å². The predicted octanol–water partition coefficient (Wildman–Crippen LogP) is 5.46. The summed E-state index contributed by atoms with van der Waals surface area (Å²) < 4.78 is 6.55. The zero-order valence-electron chi connectivity index (χ0n) is 13.5. The summed E-state index contributed by atoms with van der Waals surface area (Å²) in [6, 6.07) is 15.0. The van der Waals surface area contributed by atoms with E-state index in [1.54, 1.807) is 12.1 Å². The number of halogens is 1. The highest BCUT2D eigenvalue weighted by molar-refractivity contribution is 14.1. The van der Waals surface area contributed by atoms with Gasteiger partial charge in [-0.25, -0.2) is 9.78 Å². The van der Waals surface area contributed by atoms with Gasteiger partial charge in [-0.05, 0) is 65.9 Å². The zero-order chi connectivity index (χ0) is 17.6. The first kappa shape index (κ1) is 17.7. The van der Waals surface area contributed by atoms with Gasteiger partial charge < -0.3 is 10.1 Å². The van der Waals surface area contributed by atoms with Crippen molar-refractivity contribution < 1.29 is 9.53 Å². The van der Waals surface area contributed by atoms with Crippen LogP contribution in [-0.4, -0.2) is 17.6 Å². The lowest BCUT2D eigenvalue weighted by molar-refractivity contribution is 0.262. The number of benzene rings is 2. The minimum Gasteiger partial charge on any atom is -0.494 e. The van der Waals surface area contributed by atoms with Crippen LogP contribution in [0.1, 0.15) is 6.92 Å². The van der Waals surface area contributed by atoms with Gasteiger partial charge in [-0.1, -0.05) is 12.1 Å². The van der Waals surface area contributed by atoms with Gasteiger partial charge in [-0.3, -0.25) is 5.32 Å². The molecule has 0 bridgehead atoms. The second kappa shape index (κ2) is 8.30. The molecule has 1 aromatic heterocycles. The Kier molecular flexibility index (Phi) is 5.87. The highest BCUT2D eigenvalue weighted by atomic mass is 127. The molecule has 0 radical (unpaired) electrons. The van der Waals surface area contributed by atoms with Crippen molar-refractivity contribution in [1.29, 1.82) is 0 Å². The maximum Gasteiger partial charge on any atom is 0.325 e. The van der Waals surface area contributed by atoms with Crippen LogP contribution in [0.5, 0.6) is 5.75 Å². The molecule has 0 aliphatic rings. The summed E-state index contributed by atoms with van der Waals surface area (Å²) in [5.41, 5.74) is 2.56. The fraction of sp³-hybridized carbons (Fsp3) is 0.111. The number of hydrogen-bond donors (Lipinski definition) is 2. The molecule has 128 valence electrons. The molecule has 0 spiro atoms. The van der Waals surface area contributed by atoms with Crippen LogP contribution in [0.3, 0.4) is 0 Å². The quantitative estimate of drug-likeness (QED) is 0.492. The van der Waals surface area contributed by atoms with Crippen molar-refractivity contribution in [2.45, 2.75) is 6.92 Å². The van der Waals surface area contributed by atoms with E-state index >= 15 is 0 Å². The summed E-state index contributed by atoms with van der Waals surface area (Å²) in [6.07, 6.45) is 0. The Labute approximate surface area is 163 Å². The van der Waals surface area contributed by atoms with Crippen LogP contribution in [0.2, 0.25) is 0 Å². The third-order valence-corrected chi connectivity index (χ3v) is 4.76. The smallest absolute Gasteiger partial charge is 0.325 e. The van der Waals surface area contributed by atoms with Gasteiger partial charge in [0.05, 0.1) is 12.3 Å². The lowest BCUT2D eigenvalue weighted by Gasteiger charge is -2.07. The van der Waals surface area contributed by atoms with Gasteiger partial charge in [0.1, 0.15) is 5.75 Å². The minimum absolute atomic E-state index is 0.326. The Morgan fingerprint density at radius 1 is 1.12 bits per heavy atom. The van der Waals surface area contributed by atoms with E-state index in [1.165, 1.54) is 14.9 Å². The molecule has 0 atom stereocenters. The van der Waals surface area contributed by atoms with Gasteiger partial charge in [0.2, 0.25) is 0 Å². The minimum atomic E-state index is -0.326. The molecule has 1 heterocycles. The molecule has 2 amide bonds. The summed E-state index contributed by atoms with van der Waals surface area (Å²) >= 11 is 3.65. The SMILES string of the molecule is CCOc1ccc(NC(=O)Nc2nc(-c3ccc(I)cc3)cs2)cc1. The summed E-state index contributed by atoms with van der Waals surface area (Å²) in [6.45, 7) is 2.54. The molecule has 0 aliphatic heterocycles. The van der Waals surface area contributed by atoms with E-state index in [1.807, 2.05) is 48.7 Å². The Morgan fingerprint density at radius 2 is 1.84 bits per heavy atom. The van der Waals surface area contributed by atoms with Crippen molar-refractivity contribution in [2.24, 2.45) is 0 Å². The first-order chi connectivity index (χ1) is 12.1. The highest BCUT2D eigenvalue weighted by Crippen LogP contribution is 2.25. The summed E-state index contributed by atoms with van der Waals surface area (Å²) in [5.74, 6) is 0.774. The van der Waals surface area contributed by atoms with E-state index in [0.29, 0.717) is 17.4 Å². The third kappa shape index (κ3) is 4.93. The second-order valence-corrected chi connectivity index (χ2v) is 7.19. The number of amides is 2. The summed E-state index contributed by atoms with van der Waals surface area (Å²) in [5, 5.41) is 8.01. The number of rotatable bonds is 5. The molecular formula is C18H16IN3O2S. The number of nitrogens with one attached hydrogen (secondary N) is 2. The Bertz CT molecular complexity index is 848. The van der Waals surface area contributed by atoms with E-state index in [4.69, 9.17) is 4.74 Å². The van der Waals surface area contributed by atoms with Gasteiger partial charge in [-0.15, -0.1) is 11.3 Å². The molecule has 25 heavy (non-hydrogen) atoms. The van der Waals surface area contributed by atoms with Crippen molar-refractivity contribution in [3.63, 3.8) is 0 Å².